The van der Waals surface area contributed by atoms with Crippen LogP contribution in [0.5, 0.6) is 0 Å². The van der Waals surface area contributed by atoms with Crippen LogP contribution >= 0.6 is 0 Å². The van der Waals surface area contributed by atoms with Crippen LogP contribution in [0.3, 0.4) is 0 Å². The number of aryl methyl sites for hydroxylation is 2. The van der Waals surface area contributed by atoms with Crippen molar-refractivity contribution < 1.29 is 19.5 Å². The van der Waals surface area contributed by atoms with Crippen LogP contribution in [0.15, 0.2) is 12.4 Å². The monoisotopic (exact) mass is 348 g/mol. The van der Waals surface area contributed by atoms with E-state index in [9.17, 15) is 19.5 Å². The van der Waals surface area contributed by atoms with E-state index in [1.54, 1.807) is 27.7 Å². The second-order valence-electron chi connectivity index (χ2n) is 7.05. The number of carboxylic acid groups (broad SMARTS) is 1. The molecule has 2 aliphatic rings. The second-order valence-corrected chi connectivity index (χ2v) is 7.05. The summed E-state index contributed by atoms with van der Waals surface area (Å²) in [5.41, 5.74) is 0.375. The largest absolute Gasteiger partial charge is 0.481 e. The van der Waals surface area contributed by atoms with Crippen molar-refractivity contribution in [1.82, 2.24) is 19.6 Å². The Kier molecular flexibility index (Phi) is 4.53. The lowest BCUT2D eigenvalue weighted by Crippen LogP contribution is -2.56. The van der Waals surface area contributed by atoms with E-state index in [1.165, 1.54) is 0 Å². The topological polar surface area (TPSA) is 95.7 Å². The average Bonchev–Trinajstić information content (AvgIpc) is 3.10. The van der Waals surface area contributed by atoms with Gasteiger partial charge in [0.2, 0.25) is 11.8 Å². The molecule has 8 heteroatoms. The summed E-state index contributed by atoms with van der Waals surface area (Å²) in [6, 6.07) is 0. The maximum Gasteiger partial charge on any atom is 0.309 e. The van der Waals surface area contributed by atoms with Crippen molar-refractivity contribution in [2.24, 2.45) is 13.0 Å². The Morgan fingerprint density at radius 1 is 1.32 bits per heavy atom. The van der Waals surface area contributed by atoms with Gasteiger partial charge in [0.05, 0.1) is 17.7 Å². The first-order valence-electron chi connectivity index (χ1n) is 8.58. The van der Waals surface area contributed by atoms with Crippen LogP contribution in [0.25, 0.3) is 0 Å². The molecule has 2 fully saturated rings. The number of hydrogen-bond acceptors (Lipinski definition) is 4. The highest BCUT2D eigenvalue weighted by atomic mass is 16.4. The highest BCUT2D eigenvalue weighted by Gasteiger charge is 2.55. The van der Waals surface area contributed by atoms with Gasteiger partial charge in [0.15, 0.2) is 0 Å². The first-order chi connectivity index (χ1) is 11.8. The molecule has 1 aromatic heterocycles. The molecule has 0 radical (unpaired) electrons. The number of carbonyl (C=O) groups excluding carboxylic acids is 2. The fraction of sp³-hybridized carbons (Fsp3) is 0.647. The first-order valence-corrected chi connectivity index (χ1v) is 8.58. The number of amides is 2. The minimum Gasteiger partial charge on any atom is -0.481 e. The van der Waals surface area contributed by atoms with E-state index < -0.39 is 17.4 Å². The van der Waals surface area contributed by atoms with Crippen LogP contribution in [-0.4, -0.2) is 68.1 Å². The van der Waals surface area contributed by atoms with Gasteiger partial charge < -0.3 is 14.9 Å². The smallest absolute Gasteiger partial charge is 0.309 e. The fourth-order valence-corrected chi connectivity index (χ4v) is 4.14. The van der Waals surface area contributed by atoms with Crippen molar-refractivity contribution in [3.8, 4) is 0 Å². The van der Waals surface area contributed by atoms with Gasteiger partial charge in [-0.2, -0.15) is 5.10 Å². The second kappa shape index (κ2) is 6.50. The van der Waals surface area contributed by atoms with Crippen LogP contribution in [-0.2, 0) is 27.9 Å². The number of aliphatic carboxylic acids is 1. The minimum atomic E-state index is -0.922. The van der Waals surface area contributed by atoms with E-state index >= 15 is 0 Å². The molecule has 136 valence electrons. The molecule has 3 heterocycles. The first kappa shape index (κ1) is 17.4. The maximum absolute atomic E-state index is 12.4. The summed E-state index contributed by atoms with van der Waals surface area (Å²) in [5.74, 6) is -1.66. The SMILES string of the molecule is CN1C(=O)C[C@@H](C(=O)O)C12CCN(C(=O)CCc1cnn(C)c1)CC2. The van der Waals surface area contributed by atoms with Crippen molar-refractivity contribution >= 4 is 17.8 Å². The van der Waals surface area contributed by atoms with Crippen molar-refractivity contribution in [3.63, 3.8) is 0 Å². The van der Waals surface area contributed by atoms with Crippen LogP contribution in [0.2, 0.25) is 0 Å². The lowest BCUT2D eigenvalue weighted by molar-refractivity contribution is -0.147. The number of aromatic nitrogens is 2. The van der Waals surface area contributed by atoms with Crippen LogP contribution in [0.4, 0.5) is 0 Å². The Labute approximate surface area is 146 Å². The summed E-state index contributed by atoms with van der Waals surface area (Å²) in [6.07, 6.45) is 5.81. The molecule has 1 atom stereocenters. The molecule has 8 nitrogen and oxygen atoms in total. The Morgan fingerprint density at radius 3 is 2.56 bits per heavy atom. The highest BCUT2D eigenvalue weighted by Crippen LogP contribution is 2.42. The molecule has 0 aromatic carbocycles. The van der Waals surface area contributed by atoms with E-state index in [0.717, 1.165) is 5.56 Å². The third kappa shape index (κ3) is 3.12. The normalized spacial score (nSPS) is 22.6. The van der Waals surface area contributed by atoms with Gasteiger partial charge in [0, 0.05) is 46.2 Å². The summed E-state index contributed by atoms with van der Waals surface area (Å²) in [6.45, 7) is 0.987. The molecule has 1 aromatic rings. The molecule has 2 amide bonds. The van der Waals surface area contributed by atoms with Gasteiger partial charge in [0.25, 0.3) is 0 Å². The molecule has 1 spiro atoms. The summed E-state index contributed by atoms with van der Waals surface area (Å²) in [5, 5.41) is 13.6. The Morgan fingerprint density at radius 2 is 2.00 bits per heavy atom. The lowest BCUT2D eigenvalue weighted by atomic mass is 9.77. The zero-order valence-corrected chi connectivity index (χ0v) is 14.6. The lowest BCUT2D eigenvalue weighted by Gasteiger charge is -2.45. The summed E-state index contributed by atoms with van der Waals surface area (Å²) in [7, 11) is 3.53. The van der Waals surface area contributed by atoms with Crippen molar-refractivity contribution in [3.05, 3.63) is 18.0 Å². The third-order valence-corrected chi connectivity index (χ3v) is 5.74. The van der Waals surface area contributed by atoms with Crippen LogP contribution in [0, 0.1) is 5.92 Å². The van der Waals surface area contributed by atoms with E-state index in [1.807, 2.05) is 13.2 Å². The van der Waals surface area contributed by atoms with E-state index in [2.05, 4.69) is 5.10 Å². The molecule has 2 saturated heterocycles. The van der Waals surface area contributed by atoms with Crippen LogP contribution in [0.1, 0.15) is 31.2 Å². The number of carbonyl (C=O) groups is 3. The third-order valence-electron chi connectivity index (χ3n) is 5.74. The van der Waals surface area contributed by atoms with Gasteiger partial charge in [-0.1, -0.05) is 0 Å². The van der Waals surface area contributed by atoms with Gasteiger partial charge in [-0.25, -0.2) is 0 Å². The number of piperidine rings is 1. The molecule has 1 N–H and O–H groups in total. The molecule has 0 bridgehead atoms. The number of carboxylic acids is 1. The molecule has 0 unspecified atom stereocenters. The quantitative estimate of drug-likeness (QED) is 0.843. The molecule has 3 rings (SSSR count). The van der Waals surface area contributed by atoms with Gasteiger partial charge >= 0.3 is 5.97 Å². The predicted octanol–water partition coefficient (Wildman–Crippen LogP) is 0.277. The number of likely N-dealkylation sites (tertiary alicyclic amines) is 2. The number of nitrogens with zero attached hydrogens (tertiary/aromatic N) is 4. The zero-order valence-electron chi connectivity index (χ0n) is 14.6. The Bertz CT molecular complexity index is 691. The van der Waals surface area contributed by atoms with Crippen molar-refractivity contribution in [2.75, 3.05) is 20.1 Å². The van der Waals surface area contributed by atoms with Gasteiger partial charge in [-0.3, -0.25) is 19.1 Å². The molecule has 2 aliphatic heterocycles. The summed E-state index contributed by atoms with van der Waals surface area (Å²) in [4.78, 5) is 39.4. The van der Waals surface area contributed by atoms with E-state index in [-0.39, 0.29) is 18.2 Å². The van der Waals surface area contributed by atoms with Crippen molar-refractivity contribution in [2.45, 2.75) is 37.6 Å². The number of rotatable bonds is 4. The summed E-state index contributed by atoms with van der Waals surface area (Å²) >= 11 is 0. The molecule has 25 heavy (non-hydrogen) atoms. The standard InChI is InChI=1S/C17H24N4O4/c1-19-11-12(10-18-19)3-4-14(22)21-7-5-17(6-8-21)13(16(24)25)9-15(23)20(17)2/h10-11,13H,3-9H2,1-2H3,(H,24,25)/t13-/m0/s1. The summed E-state index contributed by atoms with van der Waals surface area (Å²) < 4.78 is 1.71. The van der Waals surface area contributed by atoms with Crippen LogP contribution < -0.4 is 0 Å². The van der Waals surface area contributed by atoms with Gasteiger partial charge in [-0.05, 0) is 24.8 Å². The van der Waals surface area contributed by atoms with E-state index in [4.69, 9.17) is 0 Å². The Hall–Kier alpha value is -2.38. The Balaban J connectivity index is 1.60. The van der Waals surface area contributed by atoms with Crippen molar-refractivity contribution in [1.29, 1.82) is 0 Å². The maximum atomic E-state index is 12.4. The van der Waals surface area contributed by atoms with Gasteiger partial charge in [0.1, 0.15) is 0 Å². The van der Waals surface area contributed by atoms with Gasteiger partial charge in [-0.15, -0.1) is 0 Å². The zero-order chi connectivity index (χ0) is 18.2. The predicted molar refractivity (Wildman–Crippen MR) is 88.6 cm³/mol. The molecule has 0 saturated carbocycles. The minimum absolute atomic E-state index is 0.0563. The average molecular weight is 348 g/mol. The highest BCUT2D eigenvalue weighted by molar-refractivity contribution is 5.88. The number of hydrogen-bond donors (Lipinski definition) is 1. The molecular weight excluding hydrogens is 324 g/mol. The molecule has 0 aliphatic carbocycles. The fourth-order valence-electron chi connectivity index (χ4n) is 4.14. The molecular formula is C17H24N4O4. The van der Waals surface area contributed by atoms with E-state index in [0.29, 0.717) is 38.8 Å².